The van der Waals surface area contributed by atoms with E-state index in [0.29, 0.717) is 32.0 Å². The Balaban J connectivity index is 1.47. The summed E-state index contributed by atoms with van der Waals surface area (Å²) in [4.78, 5) is 15.6. The highest BCUT2D eigenvalue weighted by atomic mass is 32.2. The summed E-state index contributed by atoms with van der Waals surface area (Å²) < 4.78 is 29.3. The van der Waals surface area contributed by atoms with Crippen LogP contribution in [0, 0.1) is 27.7 Å². The SMILES string of the molecule is Cc1ccc(CS(=O)(=O)N2CCN(c3cc(-n4cnc(C)c4C)nc(C)n3)CC2)cc1. The molecule has 31 heavy (non-hydrogen) atoms. The number of sulfonamides is 1. The third-order valence-corrected chi connectivity index (χ3v) is 7.59. The molecule has 4 rings (SSSR count). The molecule has 3 heterocycles. The lowest BCUT2D eigenvalue weighted by Gasteiger charge is -2.35. The van der Waals surface area contributed by atoms with Gasteiger partial charge in [-0.2, -0.15) is 4.31 Å². The molecule has 0 unspecified atom stereocenters. The smallest absolute Gasteiger partial charge is 0.218 e. The van der Waals surface area contributed by atoms with Crippen LogP contribution in [0.1, 0.15) is 28.3 Å². The molecule has 0 radical (unpaired) electrons. The van der Waals surface area contributed by atoms with Gasteiger partial charge in [0.05, 0.1) is 11.4 Å². The summed E-state index contributed by atoms with van der Waals surface area (Å²) >= 11 is 0. The maximum Gasteiger partial charge on any atom is 0.218 e. The molecule has 1 fully saturated rings. The van der Waals surface area contributed by atoms with Crippen molar-refractivity contribution >= 4 is 15.8 Å². The van der Waals surface area contributed by atoms with Gasteiger partial charge in [0.2, 0.25) is 10.0 Å². The van der Waals surface area contributed by atoms with E-state index in [1.165, 1.54) is 0 Å². The van der Waals surface area contributed by atoms with Crippen molar-refractivity contribution in [3.63, 3.8) is 0 Å². The summed E-state index contributed by atoms with van der Waals surface area (Å²) in [6, 6.07) is 9.60. The molecule has 1 aliphatic heterocycles. The largest absolute Gasteiger partial charge is 0.354 e. The highest BCUT2D eigenvalue weighted by molar-refractivity contribution is 7.88. The number of nitrogens with zero attached hydrogens (tertiary/aromatic N) is 6. The second-order valence-corrected chi connectivity index (χ2v) is 10.0. The number of rotatable bonds is 5. The zero-order chi connectivity index (χ0) is 22.2. The lowest BCUT2D eigenvalue weighted by Crippen LogP contribution is -2.49. The van der Waals surface area contributed by atoms with Crippen molar-refractivity contribution in [3.05, 3.63) is 65.0 Å². The van der Waals surface area contributed by atoms with Crippen molar-refractivity contribution in [2.75, 3.05) is 31.1 Å². The van der Waals surface area contributed by atoms with Gasteiger partial charge in [0.15, 0.2) is 0 Å². The first-order valence-electron chi connectivity index (χ1n) is 10.4. The molecule has 0 amide bonds. The van der Waals surface area contributed by atoms with Crippen LogP contribution in [0.5, 0.6) is 0 Å². The number of aryl methyl sites for hydroxylation is 3. The van der Waals surface area contributed by atoms with Crippen molar-refractivity contribution in [1.29, 1.82) is 0 Å². The van der Waals surface area contributed by atoms with E-state index in [-0.39, 0.29) is 5.75 Å². The Morgan fingerprint density at radius 2 is 1.55 bits per heavy atom. The normalized spacial score (nSPS) is 15.4. The molecule has 0 N–H and O–H groups in total. The molecule has 1 saturated heterocycles. The van der Waals surface area contributed by atoms with E-state index in [9.17, 15) is 8.42 Å². The van der Waals surface area contributed by atoms with E-state index in [1.807, 2.05) is 62.6 Å². The summed E-state index contributed by atoms with van der Waals surface area (Å²) in [6.45, 7) is 9.90. The van der Waals surface area contributed by atoms with Gasteiger partial charge in [-0.25, -0.2) is 23.4 Å². The van der Waals surface area contributed by atoms with Gasteiger partial charge in [-0.05, 0) is 33.3 Å². The third-order valence-electron chi connectivity index (χ3n) is 5.74. The molecule has 2 aromatic heterocycles. The van der Waals surface area contributed by atoms with Gasteiger partial charge in [-0.1, -0.05) is 29.8 Å². The Labute approximate surface area is 183 Å². The maximum atomic E-state index is 12.9. The molecule has 1 aliphatic rings. The molecule has 9 heteroatoms. The van der Waals surface area contributed by atoms with E-state index in [0.717, 1.165) is 34.2 Å². The summed E-state index contributed by atoms with van der Waals surface area (Å²) in [5.41, 5.74) is 3.94. The molecule has 164 valence electrons. The lowest BCUT2D eigenvalue weighted by molar-refractivity contribution is 0.383. The van der Waals surface area contributed by atoms with Crippen LogP contribution in [-0.4, -0.2) is 58.4 Å². The quantitative estimate of drug-likeness (QED) is 0.606. The number of aromatic nitrogens is 4. The van der Waals surface area contributed by atoms with E-state index >= 15 is 0 Å². The fourth-order valence-corrected chi connectivity index (χ4v) is 5.25. The number of imidazole rings is 1. The Morgan fingerprint density at radius 1 is 0.903 bits per heavy atom. The molecular formula is C22H28N6O2S. The average Bonchev–Trinajstić information content (AvgIpc) is 3.08. The highest BCUT2D eigenvalue weighted by Gasteiger charge is 2.28. The third kappa shape index (κ3) is 4.62. The van der Waals surface area contributed by atoms with Gasteiger partial charge in [0.25, 0.3) is 0 Å². The first-order valence-corrected chi connectivity index (χ1v) is 12.0. The predicted molar refractivity (Wildman–Crippen MR) is 121 cm³/mol. The average molecular weight is 441 g/mol. The number of benzene rings is 1. The second kappa shape index (κ2) is 8.39. The van der Waals surface area contributed by atoms with Crippen LogP contribution in [-0.2, 0) is 15.8 Å². The molecule has 1 aromatic carbocycles. The van der Waals surface area contributed by atoms with Crippen LogP contribution in [0.3, 0.4) is 0 Å². The standard InChI is InChI=1S/C22H28N6O2S/c1-16-5-7-20(8-6-16)14-31(29,30)27-11-9-26(10-12-27)21-13-22(25-19(4)24-21)28-15-23-17(2)18(28)3/h5-8,13,15H,9-12,14H2,1-4H3. The molecular weight excluding hydrogens is 412 g/mol. The fraction of sp³-hybridized carbons (Fsp3) is 0.409. The molecule has 8 nitrogen and oxygen atoms in total. The Morgan fingerprint density at radius 3 is 2.16 bits per heavy atom. The maximum absolute atomic E-state index is 12.9. The van der Waals surface area contributed by atoms with E-state index in [2.05, 4.69) is 19.9 Å². The Kier molecular flexibility index (Phi) is 5.81. The molecule has 0 atom stereocenters. The zero-order valence-corrected chi connectivity index (χ0v) is 19.2. The van der Waals surface area contributed by atoms with Crippen LogP contribution in [0.15, 0.2) is 36.7 Å². The van der Waals surface area contributed by atoms with Gasteiger partial charge in [0.1, 0.15) is 23.8 Å². The predicted octanol–water partition coefficient (Wildman–Crippen LogP) is 2.55. The van der Waals surface area contributed by atoms with Gasteiger partial charge in [0, 0.05) is 37.9 Å². The number of hydrogen-bond acceptors (Lipinski definition) is 6. The Hall–Kier alpha value is -2.78. The number of anilines is 1. The van der Waals surface area contributed by atoms with Crippen molar-refractivity contribution in [2.24, 2.45) is 0 Å². The van der Waals surface area contributed by atoms with Crippen LogP contribution >= 0.6 is 0 Å². The van der Waals surface area contributed by atoms with Gasteiger partial charge < -0.3 is 4.90 Å². The van der Waals surface area contributed by atoms with Crippen LogP contribution in [0.4, 0.5) is 5.82 Å². The van der Waals surface area contributed by atoms with Crippen LogP contribution in [0.25, 0.3) is 5.82 Å². The van der Waals surface area contributed by atoms with Crippen LogP contribution in [0.2, 0.25) is 0 Å². The lowest BCUT2D eigenvalue weighted by atomic mass is 10.2. The van der Waals surface area contributed by atoms with Crippen molar-refractivity contribution < 1.29 is 8.42 Å². The van der Waals surface area contributed by atoms with Crippen LogP contribution < -0.4 is 4.90 Å². The minimum absolute atomic E-state index is 0.0311. The molecule has 0 saturated carbocycles. The fourth-order valence-electron chi connectivity index (χ4n) is 3.73. The number of hydrogen-bond donors (Lipinski definition) is 0. The van der Waals surface area contributed by atoms with E-state index < -0.39 is 10.0 Å². The number of piperazine rings is 1. The minimum Gasteiger partial charge on any atom is -0.354 e. The van der Waals surface area contributed by atoms with Gasteiger partial charge in [-0.15, -0.1) is 0 Å². The summed E-state index contributed by atoms with van der Waals surface area (Å²) in [5, 5.41) is 0. The van der Waals surface area contributed by atoms with Gasteiger partial charge >= 0.3 is 0 Å². The molecule has 0 spiro atoms. The molecule has 0 aliphatic carbocycles. The topological polar surface area (TPSA) is 84.2 Å². The van der Waals surface area contributed by atoms with E-state index in [1.54, 1.807) is 10.6 Å². The summed E-state index contributed by atoms with van der Waals surface area (Å²) in [5.74, 6) is 2.29. The monoisotopic (exact) mass is 440 g/mol. The highest BCUT2D eigenvalue weighted by Crippen LogP contribution is 2.21. The van der Waals surface area contributed by atoms with Crippen molar-refractivity contribution in [3.8, 4) is 5.82 Å². The summed E-state index contributed by atoms with van der Waals surface area (Å²) in [6.07, 6.45) is 1.77. The van der Waals surface area contributed by atoms with Gasteiger partial charge in [-0.3, -0.25) is 4.57 Å². The zero-order valence-electron chi connectivity index (χ0n) is 18.4. The summed E-state index contributed by atoms with van der Waals surface area (Å²) in [7, 11) is -3.36. The minimum atomic E-state index is -3.36. The molecule has 0 bridgehead atoms. The first kappa shape index (κ1) is 21.5. The molecule has 3 aromatic rings. The van der Waals surface area contributed by atoms with E-state index in [4.69, 9.17) is 0 Å². The first-order chi connectivity index (χ1) is 14.7. The second-order valence-electron chi connectivity index (χ2n) is 8.04. The van der Waals surface area contributed by atoms with Crippen molar-refractivity contribution in [1.82, 2.24) is 23.8 Å². The van der Waals surface area contributed by atoms with Crippen molar-refractivity contribution in [2.45, 2.75) is 33.4 Å². The Bertz CT molecular complexity index is 1180.